The highest BCUT2D eigenvalue weighted by molar-refractivity contribution is 5.03. The summed E-state index contributed by atoms with van der Waals surface area (Å²) in [6.07, 6.45) is 15.4. The van der Waals surface area contributed by atoms with Crippen LogP contribution < -0.4 is 5.73 Å². The molecule has 0 aromatic carbocycles. The highest BCUT2D eigenvalue weighted by Crippen LogP contribution is 2.52. The molecule has 2 bridgehead atoms. The van der Waals surface area contributed by atoms with Gasteiger partial charge in [-0.3, -0.25) is 0 Å². The zero-order valence-corrected chi connectivity index (χ0v) is 12.6. The Hall–Kier alpha value is -0.120. The molecule has 1 aliphatic carbocycles. The van der Waals surface area contributed by atoms with Gasteiger partial charge >= 0.3 is 0 Å². The third kappa shape index (κ3) is 2.13. The van der Waals surface area contributed by atoms with Crippen molar-refractivity contribution in [3.63, 3.8) is 0 Å². The van der Waals surface area contributed by atoms with Crippen molar-refractivity contribution in [2.24, 2.45) is 11.1 Å². The summed E-state index contributed by atoms with van der Waals surface area (Å²) in [5.74, 6) is 0. The molecule has 1 saturated carbocycles. The lowest BCUT2D eigenvalue weighted by Crippen LogP contribution is -2.43. The monoisotopic (exact) mass is 279 g/mol. The summed E-state index contributed by atoms with van der Waals surface area (Å²) in [5, 5.41) is 0. The van der Waals surface area contributed by atoms with Gasteiger partial charge in [0.25, 0.3) is 0 Å². The van der Waals surface area contributed by atoms with Crippen LogP contribution >= 0.6 is 0 Å². The molecule has 0 aromatic rings. The maximum Gasteiger partial charge on any atom is 0.0687 e. The fourth-order valence-corrected chi connectivity index (χ4v) is 5.46. The molecule has 20 heavy (non-hydrogen) atoms. The van der Waals surface area contributed by atoms with Crippen molar-refractivity contribution in [1.82, 2.24) is 0 Å². The quantitative estimate of drug-likeness (QED) is 0.863. The summed E-state index contributed by atoms with van der Waals surface area (Å²) in [7, 11) is 0. The van der Waals surface area contributed by atoms with Crippen molar-refractivity contribution < 1.29 is 9.47 Å². The Bertz CT molecular complexity index is 366. The number of hydrogen-bond acceptors (Lipinski definition) is 3. The second-order valence-electron chi connectivity index (χ2n) is 7.82. The lowest BCUT2D eigenvalue weighted by molar-refractivity contribution is -0.0819. The van der Waals surface area contributed by atoms with Crippen LogP contribution in [0.15, 0.2) is 0 Å². The van der Waals surface area contributed by atoms with Crippen LogP contribution in [0.5, 0.6) is 0 Å². The maximum absolute atomic E-state index is 6.58. The molecular formula is C17H29NO2. The van der Waals surface area contributed by atoms with Crippen molar-refractivity contribution in [2.75, 3.05) is 6.54 Å². The molecule has 4 aliphatic rings. The molecule has 4 atom stereocenters. The summed E-state index contributed by atoms with van der Waals surface area (Å²) in [5.41, 5.74) is 6.64. The van der Waals surface area contributed by atoms with Gasteiger partial charge in [0.15, 0.2) is 0 Å². The molecule has 3 heteroatoms. The Morgan fingerprint density at radius 3 is 2.50 bits per heavy atom. The van der Waals surface area contributed by atoms with E-state index < -0.39 is 0 Å². The van der Waals surface area contributed by atoms with Crippen molar-refractivity contribution >= 4 is 0 Å². The Balaban J connectivity index is 1.42. The van der Waals surface area contributed by atoms with E-state index in [0.717, 1.165) is 13.0 Å². The molecule has 3 saturated heterocycles. The Morgan fingerprint density at radius 1 is 1.00 bits per heavy atom. The minimum Gasteiger partial charge on any atom is -0.374 e. The third-order valence-electron chi connectivity index (χ3n) is 6.57. The van der Waals surface area contributed by atoms with E-state index in [0.29, 0.717) is 18.3 Å². The van der Waals surface area contributed by atoms with E-state index in [2.05, 4.69) is 0 Å². The summed E-state index contributed by atoms with van der Waals surface area (Å²) in [4.78, 5) is 0. The van der Waals surface area contributed by atoms with Gasteiger partial charge in [-0.2, -0.15) is 0 Å². The first-order valence-corrected chi connectivity index (χ1v) is 8.77. The van der Waals surface area contributed by atoms with Gasteiger partial charge in [-0.05, 0) is 51.4 Å². The van der Waals surface area contributed by atoms with E-state index in [-0.39, 0.29) is 11.0 Å². The molecule has 3 aliphatic heterocycles. The van der Waals surface area contributed by atoms with Crippen molar-refractivity contribution in [1.29, 1.82) is 0 Å². The first kappa shape index (κ1) is 13.5. The summed E-state index contributed by atoms with van der Waals surface area (Å²) in [6.45, 7) is 0.779. The third-order valence-corrected chi connectivity index (χ3v) is 6.57. The molecule has 114 valence electrons. The van der Waals surface area contributed by atoms with Crippen LogP contribution in [0, 0.1) is 5.41 Å². The molecule has 3 nitrogen and oxygen atoms in total. The Labute approximate surface area is 122 Å². The van der Waals surface area contributed by atoms with Crippen LogP contribution in [-0.4, -0.2) is 30.5 Å². The van der Waals surface area contributed by atoms with Crippen molar-refractivity contribution in [3.05, 3.63) is 0 Å². The van der Waals surface area contributed by atoms with Gasteiger partial charge in [0.05, 0.1) is 23.9 Å². The lowest BCUT2D eigenvalue weighted by atomic mass is 9.70. The molecule has 0 radical (unpaired) electrons. The van der Waals surface area contributed by atoms with E-state index in [1.54, 1.807) is 0 Å². The van der Waals surface area contributed by atoms with Gasteiger partial charge in [0, 0.05) is 12.0 Å². The van der Waals surface area contributed by atoms with E-state index in [9.17, 15) is 0 Å². The molecule has 4 unspecified atom stereocenters. The molecule has 4 rings (SSSR count). The van der Waals surface area contributed by atoms with Crippen LogP contribution in [0.3, 0.4) is 0 Å². The van der Waals surface area contributed by atoms with Gasteiger partial charge in [0.2, 0.25) is 0 Å². The predicted octanol–water partition coefficient (Wildman–Crippen LogP) is 3.15. The van der Waals surface area contributed by atoms with Crippen LogP contribution in [0.2, 0.25) is 0 Å². The first-order chi connectivity index (χ1) is 9.74. The number of ether oxygens (including phenoxy) is 2. The zero-order valence-electron chi connectivity index (χ0n) is 12.6. The maximum atomic E-state index is 6.58. The average Bonchev–Trinajstić information content (AvgIpc) is 3.16. The molecule has 1 spiro atoms. The number of rotatable bonds is 3. The average molecular weight is 279 g/mol. The van der Waals surface area contributed by atoms with E-state index in [1.807, 2.05) is 0 Å². The molecule has 4 fully saturated rings. The van der Waals surface area contributed by atoms with E-state index in [4.69, 9.17) is 15.2 Å². The van der Waals surface area contributed by atoms with Crippen molar-refractivity contribution in [2.45, 2.75) is 94.5 Å². The standard InChI is InChI=1S/C17H29NO2/c18-12-16(10-13-4-5-15(16)19-13)11-14-6-9-17(20-14)7-2-1-3-8-17/h13-15H,1-12,18H2. The fourth-order valence-electron chi connectivity index (χ4n) is 5.46. The van der Waals surface area contributed by atoms with Gasteiger partial charge in [0.1, 0.15) is 0 Å². The molecule has 2 N–H and O–H groups in total. The second-order valence-corrected chi connectivity index (χ2v) is 7.82. The summed E-state index contributed by atoms with van der Waals surface area (Å²) < 4.78 is 12.7. The number of hydrogen-bond donors (Lipinski definition) is 1. The van der Waals surface area contributed by atoms with Gasteiger partial charge in [-0.25, -0.2) is 0 Å². The summed E-state index contributed by atoms with van der Waals surface area (Å²) >= 11 is 0. The Morgan fingerprint density at radius 2 is 1.85 bits per heavy atom. The van der Waals surface area contributed by atoms with Gasteiger partial charge in [-0.1, -0.05) is 19.3 Å². The van der Waals surface area contributed by atoms with Gasteiger partial charge in [-0.15, -0.1) is 0 Å². The second kappa shape index (κ2) is 4.96. The van der Waals surface area contributed by atoms with Crippen LogP contribution in [0.25, 0.3) is 0 Å². The van der Waals surface area contributed by atoms with Crippen molar-refractivity contribution in [3.8, 4) is 0 Å². The highest BCUT2D eigenvalue weighted by atomic mass is 16.5. The number of fused-ring (bicyclic) bond motifs is 2. The minimum absolute atomic E-state index is 0.230. The predicted molar refractivity (Wildman–Crippen MR) is 78.5 cm³/mol. The zero-order chi connectivity index (χ0) is 13.6. The molecule has 0 amide bonds. The lowest BCUT2D eigenvalue weighted by Gasteiger charge is -2.38. The number of nitrogens with two attached hydrogens (primary N) is 1. The topological polar surface area (TPSA) is 44.5 Å². The fraction of sp³-hybridized carbons (Fsp3) is 1.00. The van der Waals surface area contributed by atoms with E-state index >= 15 is 0 Å². The summed E-state index contributed by atoms with van der Waals surface area (Å²) in [6, 6.07) is 0. The minimum atomic E-state index is 0.230. The first-order valence-electron chi connectivity index (χ1n) is 8.77. The van der Waals surface area contributed by atoms with Crippen LogP contribution in [0.4, 0.5) is 0 Å². The van der Waals surface area contributed by atoms with Gasteiger partial charge < -0.3 is 15.2 Å². The van der Waals surface area contributed by atoms with Crippen LogP contribution in [0.1, 0.15) is 70.6 Å². The highest BCUT2D eigenvalue weighted by Gasteiger charge is 2.53. The SMILES string of the molecule is NCC1(CC2CCC3(CCCCC3)O2)CC2CCC1O2. The Kier molecular flexibility index (Phi) is 3.36. The molecule has 0 aromatic heterocycles. The smallest absolute Gasteiger partial charge is 0.0687 e. The largest absolute Gasteiger partial charge is 0.374 e. The molecule has 3 heterocycles. The molecular weight excluding hydrogens is 250 g/mol. The normalized spacial score (nSPS) is 46.4. The van der Waals surface area contributed by atoms with E-state index in [1.165, 1.54) is 64.2 Å². The van der Waals surface area contributed by atoms with Crippen LogP contribution in [-0.2, 0) is 9.47 Å².